The van der Waals surface area contributed by atoms with Gasteiger partial charge in [0.2, 0.25) is 0 Å². The molecule has 0 spiro atoms. The van der Waals surface area contributed by atoms with Gasteiger partial charge in [-0.25, -0.2) is 0 Å². The smallest absolute Gasteiger partial charge is 0.189 e. The van der Waals surface area contributed by atoms with Gasteiger partial charge in [-0.15, -0.1) is 0 Å². The first-order valence-corrected chi connectivity index (χ1v) is 7.53. The second kappa shape index (κ2) is 8.32. The van der Waals surface area contributed by atoms with E-state index in [2.05, 4.69) is 13.2 Å². The van der Waals surface area contributed by atoms with E-state index >= 15 is 0 Å². The summed E-state index contributed by atoms with van der Waals surface area (Å²) in [6, 6.07) is 15.3. The van der Waals surface area contributed by atoms with E-state index in [-0.39, 0.29) is 12.7 Å². The van der Waals surface area contributed by atoms with Crippen molar-refractivity contribution in [1.29, 1.82) is 0 Å². The summed E-state index contributed by atoms with van der Waals surface area (Å²) in [5.41, 5.74) is 3.06. The molecule has 0 aliphatic heterocycles. The SMILES string of the molecule is C=Cc1ccc(OCC(O)OC(C)c2ccc(C=C)cc2)cc1. The van der Waals surface area contributed by atoms with Crippen LogP contribution in [0, 0.1) is 0 Å². The lowest BCUT2D eigenvalue weighted by molar-refractivity contribution is -0.148. The molecule has 0 aromatic heterocycles. The molecule has 23 heavy (non-hydrogen) atoms. The lowest BCUT2D eigenvalue weighted by Crippen LogP contribution is -2.22. The van der Waals surface area contributed by atoms with Crippen LogP contribution in [0.1, 0.15) is 29.7 Å². The molecule has 0 saturated carbocycles. The molecule has 1 N–H and O–H groups in total. The molecule has 0 aliphatic rings. The third-order valence-electron chi connectivity index (χ3n) is 3.51. The summed E-state index contributed by atoms with van der Waals surface area (Å²) in [6.45, 7) is 9.39. The third kappa shape index (κ3) is 5.09. The van der Waals surface area contributed by atoms with E-state index in [1.807, 2.05) is 55.5 Å². The largest absolute Gasteiger partial charge is 0.488 e. The summed E-state index contributed by atoms with van der Waals surface area (Å²) in [5.74, 6) is 0.682. The zero-order valence-corrected chi connectivity index (χ0v) is 13.3. The van der Waals surface area contributed by atoms with Gasteiger partial charge in [-0.2, -0.15) is 0 Å². The second-order valence-electron chi connectivity index (χ2n) is 5.19. The number of hydrogen-bond acceptors (Lipinski definition) is 3. The van der Waals surface area contributed by atoms with Crippen LogP contribution in [0.4, 0.5) is 0 Å². The van der Waals surface area contributed by atoms with Gasteiger partial charge in [0, 0.05) is 0 Å². The van der Waals surface area contributed by atoms with Gasteiger partial charge in [-0.1, -0.05) is 61.7 Å². The van der Waals surface area contributed by atoms with E-state index in [4.69, 9.17) is 9.47 Å². The number of hydrogen-bond donors (Lipinski definition) is 1. The molecule has 120 valence electrons. The Bertz CT molecular complexity index is 629. The van der Waals surface area contributed by atoms with Crippen molar-refractivity contribution < 1.29 is 14.6 Å². The molecule has 0 amide bonds. The van der Waals surface area contributed by atoms with Crippen LogP contribution >= 0.6 is 0 Å². The van der Waals surface area contributed by atoms with Gasteiger partial charge >= 0.3 is 0 Å². The molecule has 2 rings (SSSR count). The average Bonchev–Trinajstić information content (AvgIpc) is 2.60. The summed E-state index contributed by atoms with van der Waals surface area (Å²) in [4.78, 5) is 0. The van der Waals surface area contributed by atoms with Crippen molar-refractivity contribution in [2.24, 2.45) is 0 Å². The molecule has 3 heteroatoms. The van der Waals surface area contributed by atoms with E-state index in [1.165, 1.54) is 0 Å². The number of aliphatic hydroxyl groups excluding tert-OH is 1. The minimum absolute atomic E-state index is 0.0719. The zero-order valence-electron chi connectivity index (χ0n) is 13.3. The Morgan fingerprint density at radius 3 is 2.00 bits per heavy atom. The highest BCUT2D eigenvalue weighted by atomic mass is 16.6. The van der Waals surface area contributed by atoms with Crippen LogP contribution in [0.2, 0.25) is 0 Å². The number of aliphatic hydroxyl groups is 1. The highest BCUT2D eigenvalue weighted by molar-refractivity contribution is 5.48. The van der Waals surface area contributed by atoms with Crippen molar-refractivity contribution in [3.8, 4) is 5.75 Å². The van der Waals surface area contributed by atoms with Crippen LogP contribution in [0.25, 0.3) is 12.2 Å². The average molecular weight is 310 g/mol. The van der Waals surface area contributed by atoms with Crippen molar-refractivity contribution in [1.82, 2.24) is 0 Å². The van der Waals surface area contributed by atoms with Crippen molar-refractivity contribution in [2.75, 3.05) is 6.61 Å². The first kappa shape index (κ1) is 17.0. The lowest BCUT2D eigenvalue weighted by Gasteiger charge is -2.19. The molecule has 0 heterocycles. The summed E-state index contributed by atoms with van der Waals surface area (Å²) in [6.07, 6.45) is 2.33. The van der Waals surface area contributed by atoms with Crippen molar-refractivity contribution in [3.05, 3.63) is 78.4 Å². The van der Waals surface area contributed by atoms with Crippen LogP contribution < -0.4 is 4.74 Å². The molecular weight excluding hydrogens is 288 g/mol. The molecule has 2 atom stereocenters. The fraction of sp³-hybridized carbons (Fsp3) is 0.200. The third-order valence-corrected chi connectivity index (χ3v) is 3.51. The van der Waals surface area contributed by atoms with Gasteiger partial charge in [0.05, 0.1) is 6.10 Å². The highest BCUT2D eigenvalue weighted by Crippen LogP contribution is 2.20. The maximum Gasteiger partial charge on any atom is 0.189 e. The van der Waals surface area contributed by atoms with E-state index in [0.717, 1.165) is 16.7 Å². The van der Waals surface area contributed by atoms with Crippen molar-refractivity contribution in [2.45, 2.75) is 19.3 Å². The minimum Gasteiger partial charge on any atom is -0.488 e. The molecule has 0 fully saturated rings. The van der Waals surface area contributed by atoms with E-state index in [1.54, 1.807) is 12.2 Å². The molecule has 2 aromatic carbocycles. The zero-order chi connectivity index (χ0) is 16.7. The fourth-order valence-corrected chi connectivity index (χ4v) is 2.12. The Kier molecular flexibility index (Phi) is 6.15. The van der Waals surface area contributed by atoms with Crippen LogP contribution in [0.5, 0.6) is 5.75 Å². The van der Waals surface area contributed by atoms with Crippen LogP contribution in [0.3, 0.4) is 0 Å². The molecular formula is C20H22O3. The van der Waals surface area contributed by atoms with Gasteiger partial charge in [-0.3, -0.25) is 0 Å². The van der Waals surface area contributed by atoms with Gasteiger partial charge in [0.25, 0.3) is 0 Å². The predicted molar refractivity (Wildman–Crippen MR) is 94.1 cm³/mol. The monoisotopic (exact) mass is 310 g/mol. The second-order valence-corrected chi connectivity index (χ2v) is 5.19. The topological polar surface area (TPSA) is 38.7 Å². The van der Waals surface area contributed by atoms with Crippen LogP contribution in [0.15, 0.2) is 61.7 Å². The summed E-state index contributed by atoms with van der Waals surface area (Å²) in [5, 5.41) is 9.96. The molecule has 2 unspecified atom stereocenters. The highest BCUT2D eigenvalue weighted by Gasteiger charge is 2.12. The molecule has 0 bridgehead atoms. The summed E-state index contributed by atoms with van der Waals surface area (Å²) >= 11 is 0. The van der Waals surface area contributed by atoms with Crippen molar-refractivity contribution >= 4 is 12.2 Å². The fourth-order valence-electron chi connectivity index (χ4n) is 2.12. The number of rotatable bonds is 8. The maximum atomic E-state index is 9.96. The van der Waals surface area contributed by atoms with Gasteiger partial charge in [0.15, 0.2) is 6.29 Å². The Morgan fingerprint density at radius 2 is 1.48 bits per heavy atom. The van der Waals surface area contributed by atoms with Gasteiger partial charge < -0.3 is 14.6 Å². The molecule has 2 aromatic rings. The number of benzene rings is 2. The van der Waals surface area contributed by atoms with Crippen LogP contribution in [-0.4, -0.2) is 18.0 Å². The normalized spacial score (nSPS) is 13.1. The quantitative estimate of drug-likeness (QED) is 0.732. The van der Waals surface area contributed by atoms with Crippen LogP contribution in [-0.2, 0) is 4.74 Å². The van der Waals surface area contributed by atoms with Crippen molar-refractivity contribution in [3.63, 3.8) is 0 Å². The lowest BCUT2D eigenvalue weighted by atomic mass is 10.1. The molecule has 3 nitrogen and oxygen atoms in total. The maximum absolute atomic E-state index is 9.96. The first-order chi connectivity index (χ1) is 11.1. The summed E-state index contributed by atoms with van der Waals surface area (Å²) in [7, 11) is 0. The Hall–Kier alpha value is -2.36. The van der Waals surface area contributed by atoms with E-state index < -0.39 is 6.29 Å². The Balaban J connectivity index is 1.83. The van der Waals surface area contributed by atoms with E-state index in [0.29, 0.717) is 5.75 Å². The Labute approximate surface area is 137 Å². The molecule has 0 radical (unpaired) electrons. The standard InChI is InChI=1S/C20H22O3/c1-4-16-6-10-18(11-7-16)15(3)23-20(21)14-22-19-12-8-17(5-2)9-13-19/h4-13,15,20-21H,1-2,14H2,3H3. The number of ether oxygens (including phenoxy) is 2. The van der Waals surface area contributed by atoms with Gasteiger partial charge in [0.1, 0.15) is 12.4 Å². The predicted octanol–water partition coefficient (Wildman–Crippen LogP) is 4.45. The molecule has 0 saturated heterocycles. The molecule has 0 aliphatic carbocycles. The minimum atomic E-state index is -0.997. The van der Waals surface area contributed by atoms with E-state index in [9.17, 15) is 5.11 Å². The first-order valence-electron chi connectivity index (χ1n) is 7.53. The summed E-state index contributed by atoms with van der Waals surface area (Å²) < 4.78 is 11.1. The van der Waals surface area contributed by atoms with Gasteiger partial charge in [-0.05, 0) is 35.7 Å². The Morgan fingerprint density at radius 1 is 0.957 bits per heavy atom.